The second-order valence-electron chi connectivity index (χ2n) is 4.46. The fraction of sp³-hybridized carbons (Fsp3) is 0.500. The molecule has 1 unspecified atom stereocenters. The minimum atomic E-state index is -4.44. The standard InChI is InChI=1S/C14H17F3N2O/c1-3-4-12(9-20-2)19-13-6-5-11(14(15,16)17)7-10(13)8-18/h5-7,12,19H,3-4,9H2,1-2H3. The molecule has 6 heteroatoms. The van der Waals surface area contributed by atoms with Gasteiger partial charge in [0.25, 0.3) is 0 Å². The number of hydrogen-bond donors (Lipinski definition) is 1. The Morgan fingerprint density at radius 1 is 1.40 bits per heavy atom. The molecule has 1 aromatic rings. The van der Waals surface area contributed by atoms with Crippen LogP contribution in [0.1, 0.15) is 30.9 Å². The summed E-state index contributed by atoms with van der Waals surface area (Å²) in [5.74, 6) is 0. The molecule has 1 rings (SSSR count). The Hall–Kier alpha value is -1.74. The van der Waals surface area contributed by atoms with Gasteiger partial charge in [0.05, 0.1) is 23.4 Å². The van der Waals surface area contributed by atoms with Gasteiger partial charge >= 0.3 is 6.18 Å². The normalized spacial score (nSPS) is 12.8. The van der Waals surface area contributed by atoms with Gasteiger partial charge in [-0.3, -0.25) is 0 Å². The second-order valence-corrected chi connectivity index (χ2v) is 4.46. The highest BCUT2D eigenvalue weighted by molar-refractivity contribution is 5.59. The lowest BCUT2D eigenvalue weighted by molar-refractivity contribution is -0.137. The molecule has 0 bridgehead atoms. The van der Waals surface area contributed by atoms with Crippen LogP contribution in [0.3, 0.4) is 0 Å². The molecule has 0 spiro atoms. The van der Waals surface area contributed by atoms with E-state index >= 15 is 0 Å². The van der Waals surface area contributed by atoms with Crippen LogP contribution < -0.4 is 5.32 Å². The van der Waals surface area contributed by atoms with Gasteiger partial charge in [-0.2, -0.15) is 18.4 Å². The number of methoxy groups -OCH3 is 1. The average Bonchev–Trinajstić information content (AvgIpc) is 2.38. The third-order valence-corrected chi connectivity index (χ3v) is 2.83. The van der Waals surface area contributed by atoms with Crippen molar-refractivity contribution in [3.63, 3.8) is 0 Å². The zero-order valence-electron chi connectivity index (χ0n) is 11.4. The van der Waals surface area contributed by atoms with E-state index < -0.39 is 11.7 Å². The van der Waals surface area contributed by atoms with E-state index in [4.69, 9.17) is 10.00 Å². The van der Waals surface area contributed by atoms with Crippen molar-refractivity contribution in [3.05, 3.63) is 29.3 Å². The lowest BCUT2D eigenvalue weighted by Crippen LogP contribution is -2.25. The molecule has 1 atom stereocenters. The van der Waals surface area contributed by atoms with Crippen molar-refractivity contribution >= 4 is 5.69 Å². The van der Waals surface area contributed by atoms with E-state index in [1.165, 1.54) is 6.07 Å². The number of anilines is 1. The highest BCUT2D eigenvalue weighted by Gasteiger charge is 2.31. The number of hydrogen-bond acceptors (Lipinski definition) is 3. The average molecular weight is 286 g/mol. The molecule has 1 aromatic carbocycles. The third-order valence-electron chi connectivity index (χ3n) is 2.83. The summed E-state index contributed by atoms with van der Waals surface area (Å²) < 4.78 is 42.8. The Kier molecular flexibility index (Phi) is 5.83. The van der Waals surface area contributed by atoms with Crippen LogP contribution in [0.5, 0.6) is 0 Å². The highest BCUT2D eigenvalue weighted by Crippen LogP contribution is 2.31. The van der Waals surface area contributed by atoms with Gasteiger partial charge in [0.1, 0.15) is 6.07 Å². The van der Waals surface area contributed by atoms with Crippen molar-refractivity contribution < 1.29 is 17.9 Å². The number of rotatable bonds is 6. The molecule has 0 fully saturated rings. The fourth-order valence-corrected chi connectivity index (χ4v) is 1.91. The number of ether oxygens (including phenoxy) is 1. The van der Waals surface area contributed by atoms with Crippen LogP contribution in [0.4, 0.5) is 18.9 Å². The molecule has 0 aliphatic rings. The first-order valence-electron chi connectivity index (χ1n) is 6.29. The van der Waals surface area contributed by atoms with Gasteiger partial charge in [-0.1, -0.05) is 13.3 Å². The van der Waals surface area contributed by atoms with Crippen molar-refractivity contribution in [1.29, 1.82) is 5.26 Å². The minimum Gasteiger partial charge on any atom is -0.383 e. The number of nitriles is 1. The Balaban J connectivity index is 2.98. The quantitative estimate of drug-likeness (QED) is 0.865. The number of nitrogens with zero attached hydrogens (tertiary/aromatic N) is 1. The predicted octanol–water partition coefficient (Wildman–Crippen LogP) is 3.80. The summed E-state index contributed by atoms with van der Waals surface area (Å²) in [6.07, 6.45) is -2.73. The smallest absolute Gasteiger partial charge is 0.383 e. The van der Waals surface area contributed by atoms with Gasteiger partial charge in [0, 0.05) is 13.2 Å². The Bertz CT molecular complexity index is 474. The van der Waals surface area contributed by atoms with E-state index in [9.17, 15) is 13.2 Å². The molecule has 0 radical (unpaired) electrons. The van der Waals surface area contributed by atoms with Crippen LogP contribution in [-0.2, 0) is 10.9 Å². The second kappa shape index (κ2) is 7.15. The van der Waals surface area contributed by atoms with E-state index in [0.717, 1.165) is 25.0 Å². The van der Waals surface area contributed by atoms with Crippen molar-refractivity contribution in [2.24, 2.45) is 0 Å². The van der Waals surface area contributed by atoms with Gasteiger partial charge < -0.3 is 10.1 Å². The first-order chi connectivity index (χ1) is 9.42. The third kappa shape index (κ3) is 4.42. The SMILES string of the molecule is CCCC(COC)Nc1ccc(C(F)(F)F)cc1C#N. The fourth-order valence-electron chi connectivity index (χ4n) is 1.91. The summed E-state index contributed by atoms with van der Waals surface area (Å²) in [6.45, 7) is 2.43. The van der Waals surface area contributed by atoms with Crippen molar-refractivity contribution in [2.45, 2.75) is 32.0 Å². The molecule has 0 saturated heterocycles. The molecule has 20 heavy (non-hydrogen) atoms. The van der Waals surface area contributed by atoms with Crippen LogP contribution in [0, 0.1) is 11.3 Å². The molecule has 110 valence electrons. The van der Waals surface area contributed by atoms with Crippen LogP contribution in [0.25, 0.3) is 0 Å². The molecular weight excluding hydrogens is 269 g/mol. The maximum Gasteiger partial charge on any atom is 0.416 e. The largest absolute Gasteiger partial charge is 0.416 e. The summed E-state index contributed by atoms with van der Waals surface area (Å²) in [7, 11) is 1.56. The van der Waals surface area contributed by atoms with Crippen LogP contribution in [0.15, 0.2) is 18.2 Å². The Labute approximate surface area is 116 Å². The lowest BCUT2D eigenvalue weighted by Gasteiger charge is -2.20. The summed E-state index contributed by atoms with van der Waals surface area (Å²) >= 11 is 0. The number of nitrogens with one attached hydrogen (secondary N) is 1. The maximum atomic E-state index is 12.6. The summed E-state index contributed by atoms with van der Waals surface area (Å²) in [4.78, 5) is 0. The molecule has 0 aliphatic heterocycles. The minimum absolute atomic E-state index is 0.0166. The van der Waals surface area contributed by atoms with Gasteiger partial charge in [-0.25, -0.2) is 0 Å². The zero-order chi connectivity index (χ0) is 15.2. The van der Waals surface area contributed by atoms with Crippen LogP contribution >= 0.6 is 0 Å². The van der Waals surface area contributed by atoms with Crippen molar-refractivity contribution in [1.82, 2.24) is 0 Å². The van der Waals surface area contributed by atoms with Crippen molar-refractivity contribution in [2.75, 3.05) is 19.0 Å². The van der Waals surface area contributed by atoms with Crippen molar-refractivity contribution in [3.8, 4) is 6.07 Å². The first kappa shape index (κ1) is 16.3. The Morgan fingerprint density at radius 2 is 2.10 bits per heavy atom. The number of alkyl halides is 3. The van der Waals surface area contributed by atoms with E-state index in [1.54, 1.807) is 13.2 Å². The van der Waals surface area contributed by atoms with Crippen LogP contribution in [0.2, 0.25) is 0 Å². The molecule has 3 nitrogen and oxygen atoms in total. The van der Waals surface area contributed by atoms with E-state index in [0.29, 0.717) is 12.3 Å². The summed E-state index contributed by atoms with van der Waals surface area (Å²) in [6, 6.07) is 4.88. The molecule has 0 heterocycles. The molecule has 0 amide bonds. The number of benzene rings is 1. The lowest BCUT2D eigenvalue weighted by atomic mass is 10.1. The Morgan fingerprint density at radius 3 is 2.60 bits per heavy atom. The topological polar surface area (TPSA) is 45.0 Å². The molecule has 1 N–H and O–H groups in total. The molecular formula is C14H17F3N2O. The summed E-state index contributed by atoms with van der Waals surface area (Å²) in [5, 5.41) is 12.1. The van der Waals surface area contributed by atoms with E-state index in [2.05, 4.69) is 5.32 Å². The van der Waals surface area contributed by atoms with Crippen LogP contribution in [-0.4, -0.2) is 19.8 Å². The molecule has 0 aromatic heterocycles. The predicted molar refractivity (Wildman–Crippen MR) is 70.4 cm³/mol. The maximum absolute atomic E-state index is 12.6. The first-order valence-corrected chi connectivity index (χ1v) is 6.29. The molecule has 0 aliphatic carbocycles. The van der Waals surface area contributed by atoms with E-state index in [-0.39, 0.29) is 11.6 Å². The molecule has 0 saturated carbocycles. The summed E-state index contributed by atoms with van der Waals surface area (Å²) in [5.41, 5.74) is -0.439. The zero-order valence-corrected chi connectivity index (χ0v) is 11.4. The highest BCUT2D eigenvalue weighted by atomic mass is 19.4. The monoisotopic (exact) mass is 286 g/mol. The number of halogens is 3. The van der Waals surface area contributed by atoms with Gasteiger partial charge in [-0.05, 0) is 24.6 Å². The van der Waals surface area contributed by atoms with E-state index in [1.807, 2.05) is 6.92 Å². The van der Waals surface area contributed by atoms with Gasteiger partial charge in [0.15, 0.2) is 0 Å². The van der Waals surface area contributed by atoms with Gasteiger partial charge in [-0.15, -0.1) is 0 Å². The van der Waals surface area contributed by atoms with Gasteiger partial charge in [0.2, 0.25) is 0 Å².